The number of carbonyl (C=O) groups is 2. The number of phenols is 1. The van der Waals surface area contributed by atoms with E-state index in [-0.39, 0.29) is 29.7 Å². The van der Waals surface area contributed by atoms with Gasteiger partial charge in [-0.1, -0.05) is 66.2 Å². The van der Waals surface area contributed by atoms with Crippen molar-refractivity contribution in [2.24, 2.45) is 0 Å². The number of ether oxygens (including phenoxy) is 1. The Morgan fingerprint density at radius 2 is 1.61 bits per heavy atom. The zero-order valence-electron chi connectivity index (χ0n) is 16.4. The molecule has 3 N–H and O–H groups in total. The molecule has 3 aromatic rings. The first-order chi connectivity index (χ1) is 14.9. The van der Waals surface area contributed by atoms with E-state index >= 15 is 0 Å². The number of phenolic OH excluding ortho intramolecular Hbond substituents is 1. The lowest BCUT2D eigenvalue weighted by atomic mass is 9.98. The number of carbonyl (C=O) groups excluding carboxylic acids is 1. The van der Waals surface area contributed by atoms with Gasteiger partial charge in [0, 0.05) is 17.4 Å². The number of amides is 1. The third-order valence-corrected chi connectivity index (χ3v) is 5.75. The highest BCUT2D eigenvalue weighted by Crippen LogP contribution is 2.44. The Kier molecular flexibility index (Phi) is 5.82. The molecule has 158 valence electrons. The number of carboxylic acid groups (broad SMARTS) is 1. The first kappa shape index (κ1) is 20.8. The van der Waals surface area contributed by atoms with Crippen molar-refractivity contribution in [3.05, 3.63) is 88.4 Å². The smallest absolute Gasteiger partial charge is 0.407 e. The van der Waals surface area contributed by atoms with Gasteiger partial charge >= 0.3 is 12.1 Å². The van der Waals surface area contributed by atoms with Crippen molar-refractivity contribution in [2.75, 3.05) is 6.61 Å². The van der Waals surface area contributed by atoms with Crippen LogP contribution in [-0.2, 0) is 16.0 Å². The molecule has 0 spiro atoms. The van der Waals surface area contributed by atoms with E-state index in [4.69, 9.17) is 16.3 Å². The summed E-state index contributed by atoms with van der Waals surface area (Å²) in [5.41, 5.74) is 4.85. The molecule has 1 aliphatic rings. The average molecular weight is 438 g/mol. The Hall–Kier alpha value is -3.51. The molecular formula is C24H20ClNO5. The highest BCUT2D eigenvalue weighted by Gasteiger charge is 2.30. The summed E-state index contributed by atoms with van der Waals surface area (Å²) in [5.74, 6) is -1.35. The molecule has 0 bridgehead atoms. The van der Waals surface area contributed by atoms with Crippen LogP contribution in [0, 0.1) is 0 Å². The topological polar surface area (TPSA) is 95.9 Å². The van der Waals surface area contributed by atoms with Crippen molar-refractivity contribution in [3.8, 4) is 16.9 Å². The molecule has 0 fully saturated rings. The first-order valence-electron chi connectivity index (χ1n) is 9.75. The fraction of sp³-hybridized carbons (Fsp3) is 0.167. The fourth-order valence-electron chi connectivity index (χ4n) is 3.90. The maximum absolute atomic E-state index is 12.4. The average Bonchev–Trinajstić information content (AvgIpc) is 3.07. The molecule has 6 nitrogen and oxygen atoms in total. The highest BCUT2D eigenvalue weighted by molar-refractivity contribution is 6.31. The first-order valence-corrected chi connectivity index (χ1v) is 10.1. The van der Waals surface area contributed by atoms with Crippen LogP contribution in [0.5, 0.6) is 5.75 Å². The van der Waals surface area contributed by atoms with Crippen LogP contribution in [0.2, 0.25) is 5.02 Å². The normalized spacial score (nSPS) is 13.2. The van der Waals surface area contributed by atoms with Crippen molar-refractivity contribution in [2.45, 2.75) is 18.4 Å². The van der Waals surface area contributed by atoms with E-state index in [1.807, 2.05) is 48.5 Å². The molecule has 0 saturated heterocycles. The molecule has 3 aromatic carbocycles. The zero-order chi connectivity index (χ0) is 22.0. The lowest BCUT2D eigenvalue weighted by Crippen LogP contribution is -2.43. The summed E-state index contributed by atoms with van der Waals surface area (Å²) >= 11 is 6.06. The van der Waals surface area contributed by atoms with Gasteiger partial charge < -0.3 is 20.3 Å². The van der Waals surface area contributed by atoms with Gasteiger partial charge in [-0.3, -0.25) is 0 Å². The largest absolute Gasteiger partial charge is 0.508 e. The van der Waals surface area contributed by atoms with Gasteiger partial charge in [-0.05, 0) is 39.9 Å². The van der Waals surface area contributed by atoms with Gasteiger partial charge in [0.05, 0.1) is 0 Å². The number of aromatic hydroxyl groups is 1. The summed E-state index contributed by atoms with van der Waals surface area (Å²) in [7, 11) is 0. The van der Waals surface area contributed by atoms with Gasteiger partial charge in [-0.25, -0.2) is 9.59 Å². The lowest BCUT2D eigenvalue weighted by molar-refractivity contribution is -0.139. The molecule has 0 unspecified atom stereocenters. The number of benzene rings is 3. The van der Waals surface area contributed by atoms with Crippen LogP contribution in [0.15, 0.2) is 66.7 Å². The Labute approximate surface area is 184 Å². The number of fused-ring (bicyclic) bond motifs is 3. The van der Waals surface area contributed by atoms with Gasteiger partial charge in [0.1, 0.15) is 18.4 Å². The molecule has 31 heavy (non-hydrogen) atoms. The van der Waals surface area contributed by atoms with Crippen LogP contribution in [0.3, 0.4) is 0 Å². The number of hydrogen-bond acceptors (Lipinski definition) is 4. The van der Waals surface area contributed by atoms with Crippen molar-refractivity contribution in [1.29, 1.82) is 0 Å². The molecule has 0 aromatic heterocycles. The second kappa shape index (κ2) is 8.70. The van der Waals surface area contributed by atoms with Crippen LogP contribution < -0.4 is 5.32 Å². The molecule has 0 heterocycles. The quantitative estimate of drug-likeness (QED) is 0.524. The van der Waals surface area contributed by atoms with Crippen LogP contribution in [-0.4, -0.2) is 34.9 Å². The van der Waals surface area contributed by atoms with Gasteiger partial charge in [-0.2, -0.15) is 0 Å². The van der Waals surface area contributed by atoms with Crippen molar-refractivity contribution in [1.82, 2.24) is 5.32 Å². The third kappa shape index (κ3) is 4.34. The number of halogens is 1. The molecule has 0 aliphatic heterocycles. The summed E-state index contributed by atoms with van der Waals surface area (Å²) in [6, 6.07) is 18.9. The summed E-state index contributed by atoms with van der Waals surface area (Å²) in [4.78, 5) is 24.0. The SMILES string of the molecule is O=C(N[C@@H](Cc1ccc(O)cc1Cl)C(=O)O)OCC1c2ccccc2-c2ccccc21. The van der Waals surface area contributed by atoms with E-state index in [0.29, 0.717) is 5.56 Å². The van der Waals surface area contributed by atoms with E-state index in [1.54, 1.807) is 0 Å². The second-order valence-electron chi connectivity index (χ2n) is 7.34. The predicted molar refractivity (Wildman–Crippen MR) is 116 cm³/mol. The molecule has 0 saturated carbocycles. The number of hydrogen-bond donors (Lipinski definition) is 3. The van der Waals surface area contributed by atoms with Crippen LogP contribution >= 0.6 is 11.6 Å². The van der Waals surface area contributed by atoms with Crippen LogP contribution in [0.1, 0.15) is 22.6 Å². The monoisotopic (exact) mass is 437 g/mol. The minimum absolute atomic E-state index is 0.0230. The number of aliphatic carboxylic acids is 1. The molecular weight excluding hydrogens is 418 g/mol. The molecule has 4 rings (SSSR count). The third-order valence-electron chi connectivity index (χ3n) is 5.39. The summed E-state index contributed by atoms with van der Waals surface area (Å²) in [6.45, 7) is 0.0894. The van der Waals surface area contributed by atoms with Crippen LogP contribution in [0.4, 0.5) is 4.79 Å². The Balaban J connectivity index is 1.44. The number of carboxylic acids is 1. The fourth-order valence-corrected chi connectivity index (χ4v) is 4.16. The van der Waals surface area contributed by atoms with Crippen molar-refractivity contribution < 1.29 is 24.5 Å². The molecule has 1 aliphatic carbocycles. The Morgan fingerprint density at radius 1 is 1.00 bits per heavy atom. The maximum atomic E-state index is 12.4. The van der Waals surface area contributed by atoms with Gasteiger partial charge in [0.2, 0.25) is 0 Å². The minimum atomic E-state index is -1.22. The summed E-state index contributed by atoms with van der Waals surface area (Å²) < 4.78 is 5.42. The van der Waals surface area contributed by atoms with Crippen LogP contribution in [0.25, 0.3) is 11.1 Å². The lowest BCUT2D eigenvalue weighted by Gasteiger charge is -2.18. The van der Waals surface area contributed by atoms with E-state index in [0.717, 1.165) is 22.3 Å². The second-order valence-corrected chi connectivity index (χ2v) is 7.75. The minimum Gasteiger partial charge on any atom is -0.508 e. The predicted octanol–water partition coefficient (Wildman–Crippen LogP) is 4.58. The van der Waals surface area contributed by atoms with E-state index < -0.39 is 18.1 Å². The van der Waals surface area contributed by atoms with Gasteiger partial charge in [0.25, 0.3) is 0 Å². The van der Waals surface area contributed by atoms with E-state index in [2.05, 4.69) is 5.32 Å². The zero-order valence-corrected chi connectivity index (χ0v) is 17.2. The number of alkyl carbamates (subject to hydrolysis) is 1. The van der Waals surface area contributed by atoms with E-state index in [9.17, 15) is 19.8 Å². The summed E-state index contributed by atoms with van der Waals surface area (Å²) in [5, 5.41) is 21.6. The molecule has 0 radical (unpaired) electrons. The summed E-state index contributed by atoms with van der Waals surface area (Å²) in [6.07, 6.45) is -0.859. The van der Waals surface area contributed by atoms with Gasteiger partial charge in [0.15, 0.2) is 0 Å². The molecule has 1 amide bonds. The Bertz CT molecular complexity index is 1100. The number of rotatable bonds is 6. The van der Waals surface area contributed by atoms with Crippen molar-refractivity contribution >= 4 is 23.7 Å². The molecule has 7 heteroatoms. The molecule has 1 atom stereocenters. The highest BCUT2D eigenvalue weighted by atomic mass is 35.5. The maximum Gasteiger partial charge on any atom is 0.407 e. The van der Waals surface area contributed by atoms with Gasteiger partial charge in [-0.15, -0.1) is 0 Å². The van der Waals surface area contributed by atoms with E-state index in [1.165, 1.54) is 18.2 Å². The Morgan fingerprint density at radius 3 is 2.19 bits per heavy atom. The van der Waals surface area contributed by atoms with Crippen molar-refractivity contribution in [3.63, 3.8) is 0 Å². The standard InChI is InChI=1S/C24H20ClNO5/c25-21-12-15(27)10-9-14(21)11-22(23(28)29)26-24(30)31-13-20-18-7-3-1-5-16(18)17-6-2-4-8-19(17)20/h1-10,12,20,22,27H,11,13H2,(H,26,30)(H,28,29)/t22-/m0/s1. The number of nitrogens with one attached hydrogen (secondary N) is 1.